The lowest BCUT2D eigenvalue weighted by atomic mass is 9.72. The minimum Gasteiger partial charge on any atom is -0.389 e. The first-order valence-electron chi connectivity index (χ1n) is 6.15. The lowest BCUT2D eigenvalue weighted by Gasteiger charge is -2.41. The highest BCUT2D eigenvalue weighted by Gasteiger charge is 2.41. The zero-order valence-corrected chi connectivity index (χ0v) is 10.1. The molecule has 0 spiro atoms. The summed E-state index contributed by atoms with van der Waals surface area (Å²) in [6.07, 6.45) is 6.86. The summed E-state index contributed by atoms with van der Waals surface area (Å²) in [7, 11) is 0. The molecule has 2 heteroatoms. The van der Waals surface area contributed by atoms with E-state index in [1.54, 1.807) is 0 Å². The average molecular weight is 212 g/mol. The fourth-order valence-electron chi connectivity index (χ4n) is 2.50. The van der Waals surface area contributed by atoms with E-state index >= 15 is 0 Å². The number of unbranched alkanes of at least 4 members (excludes halogenated alkanes) is 1. The number of allylic oxidation sites excluding steroid dienone is 1. The molecule has 15 heavy (non-hydrogen) atoms. The molecule has 0 radical (unpaired) electrons. The van der Waals surface area contributed by atoms with Gasteiger partial charge in [-0.25, -0.2) is 0 Å². The van der Waals surface area contributed by atoms with E-state index in [0.29, 0.717) is 12.3 Å². The second-order valence-electron chi connectivity index (χ2n) is 4.83. The van der Waals surface area contributed by atoms with E-state index in [4.69, 9.17) is 0 Å². The van der Waals surface area contributed by atoms with Gasteiger partial charge in [-0.3, -0.25) is 0 Å². The molecule has 2 N–H and O–H groups in total. The lowest BCUT2D eigenvalue weighted by Crippen LogP contribution is -2.49. The quantitative estimate of drug-likeness (QED) is 0.703. The molecule has 0 fully saturated rings. The summed E-state index contributed by atoms with van der Waals surface area (Å²) in [6, 6.07) is 0. The highest BCUT2D eigenvalue weighted by atomic mass is 16.3. The Labute approximate surface area is 93.0 Å². The van der Waals surface area contributed by atoms with Crippen LogP contribution in [0.2, 0.25) is 0 Å². The lowest BCUT2D eigenvalue weighted by molar-refractivity contribution is -0.0899. The van der Waals surface area contributed by atoms with Crippen molar-refractivity contribution in [2.45, 2.75) is 58.2 Å². The topological polar surface area (TPSA) is 40.5 Å². The number of aliphatic hydroxyl groups excluding tert-OH is 1. The maximum absolute atomic E-state index is 10.4. The van der Waals surface area contributed by atoms with Crippen LogP contribution in [0.25, 0.3) is 0 Å². The summed E-state index contributed by atoms with van der Waals surface area (Å²) < 4.78 is 0. The maximum atomic E-state index is 10.4. The molecule has 0 heterocycles. The Hall–Kier alpha value is -0.340. The van der Waals surface area contributed by atoms with E-state index in [9.17, 15) is 10.2 Å². The Morgan fingerprint density at radius 1 is 1.33 bits per heavy atom. The molecule has 1 rings (SSSR count). The van der Waals surface area contributed by atoms with Crippen molar-refractivity contribution in [1.29, 1.82) is 0 Å². The van der Waals surface area contributed by atoms with Gasteiger partial charge >= 0.3 is 0 Å². The molecular weight excluding hydrogens is 188 g/mol. The second-order valence-corrected chi connectivity index (χ2v) is 4.83. The summed E-state index contributed by atoms with van der Waals surface area (Å²) in [4.78, 5) is 0. The van der Waals surface area contributed by atoms with Gasteiger partial charge in [0, 0.05) is 0 Å². The molecule has 4 atom stereocenters. The highest BCUT2D eigenvalue weighted by molar-refractivity contribution is 5.13. The van der Waals surface area contributed by atoms with Crippen LogP contribution in [0.1, 0.15) is 46.5 Å². The Kier molecular flexibility index (Phi) is 4.35. The predicted molar refractivity (Wildman–Crippen MR) is 62.6 cm³/mol. The molecule has 0 saturated heterocycles. The summed E-state index contributed by atoms with van der Waals surface area (Å²) in [6.45, 7) is 6.28. The van der Waals surface area contributed by atoms with Gasteiger partial charge in [-0.05, 0) is 18.3 Å². The molecule has 2 nitrogen and oxygen atoms in total. The van der Waals surface area contributed by atoms with Crippen LogP contribution in [-0.2, 0) is 0 Å². The van der Waals surface area contributed by atoms with Crippen molar-refractivity contribution in [1.82, 2.24) is 0 Å². The Morgan fingerprint density at radius 3 is 2.53 bits per heavy atom. The molecular formula is C13H24O2. The molecule has 0 saturated carbocycles. The number of hydrogen-bond acceptors (Lipinski definition) is 2. The van der Waals surface area contributed by atoms with Crippen LogP contribution < -0.4 is 0 Å². The summed E-state index contributed by atoms with van der Waals surface area (Å²) in [5, 5.41) is 20.5. The average Bonchev–Trinajstić information content (AvgIpc) is 2.23. The third kappa shape index (κ3) is 2.61. The monoisotopic (exact) mass is 212 g/mol. The van der Waals surface area contributed by atoms with Crippen molar-refractivity contribution in [2.24, 2.45) is 11.8 Å². The van der Waals surface area contributed by atoms with Gasteiger partial charge in [0.05, 0.1) is 6.10 Å². The highest BCUT2D eigenvalue weighted by Crippen LogP contribution is 2.36. The number of hydrogen-bond donors (Lipinski definition) is 2. The first-order valence-corrected chi connectivity index (χ1v) is 6.15. The summed E-state index contributed by atoms with van der Waals surface area (Å²) in [5.41, 5.74) is -0.983. The van der Waals surface area contributed by atoms with Crippen molar-refractivity contribution in [2.75, 3.05) is 0 Å². The standard InChI is InChI=1S/C13H24O2/c1-4-6-8-13(15)9-7-10(3)11(5-2)12(13)14/h7,9-12,14-15H,4-6,8H2,1-3H3. The number of rotatable bonds is 4. The van der Waals surface area contributed by atoms with E-state index in [2.05, 4.69) is 26.8 Å². The van der Waals surface area contributed by atoms with Crippen LogP contribution in [-0.4, -0.2) is 21.9 Å². The van der Waals surface area contributed by atoms with E-state index in [1.807, 2.05) is 6.08 Å². The fourth-order valence-corrected chi connectivity index (χ4v) is 2.50. The van der Waals surface area contributed by atoms with Crippen molar-refractivity contribution in [3.63, 3.8) is 0 Å². The van der Waals surface area contributed by atoms with Gasteiger partial charge in [-0.2, -0.15) is 0 Å². The molecule has 4 unspecified atom stereocenters. The zero-order chi connectivity index (χ0) is 11.5. The minimum atomic E-state index is -0.983. The zero-order valence-electron chi connectivity index (χ0n) is 10.1. The van der Waals surface area contributed by atoms with Gasteiger partial charge in [-0.1, -0.05) is 52.2 Å². The van der Waals surface area contributed by atoms with Crippen molar-refractivity contribution < 1.29 is 10.2 Å². The molecule has 1 aliphatic rings. The van der Waals surface area contributed by atoms with Crippen molar-refractivity contribution >= 4 is 0 Å². The SMILES string of the molecule is CCCCC1(O)C=CC(C)C(CC)C1O. The summed E-state index contributed by atoms with van der Waals surface area (Å²) in [5.74, 6) is 0.559. The van der Waals surface area contributed by atoms with Gasteiger partial charge < -0.3 is 10.2 Å². The van der Waals surface area contributed by atoms with Gasteiger partial charge in [0.15, 0.2) is 0 Å². The molecule has 1 aliphatic carbocycles. The molecule has 0 aromatic heterocycles. The van der Waals surface area contributed by atoms with Crippen LogP contribution >= 0.6 is 0 Å². The van der Waals surface area contributed by atoms with Gasteiger partial charge in [0.2, 0.25) is 0 Å². The smallest absolute Gasteiger partial charge is 0.109 e. The van der Waals surface area contributed by atoms with Crippen LogP contribution in [0.3, 0.4) is 0 Å². The predicted octanol–water partition coefficient (Wildman–Crippen LogP) is 2.50. The van der Waals surface area contributed by atoms with Crippen LogP contribution in [0.5, 0.6) is 0 Å². The molecule has 0 amide bonds. The van der Waals surface area contributed by atoms with Crippen LogP contribution in [0.4, 0.5) is 0 Å². The second kappa shape index (κ2) is 5.13. The van der Waals surface area contributed by atoms with E-state index in [1.165, 1.54) is 0 Å². The summed E-state index contributed by atoms with van der Waals surface area (Å²) >= 11 is 0. The van der Waals surface area contributed by atoms with Crippen LogP contribution in [0, 0.1) is 11.8 Å². The largest absolute Gasteiger partial charge is 0.389 e. The van der Waals surface area contributed by atoms with Crippen molar-refractivity contribution in [3.8, 4) is 0 Å². The Bertz CT molecular complexity index is 225. The third-order valence-electron chi connectivity index (χ3n) is 3.68. The minimum absolute atomic E-state index is 0.192. The molecule has 0 aliphatic heterocycles. The molecule has 0 aromatic rings. The van der Waals surface area contributed by atoms with Crippen LogP contribution in [0.15, 0.2) is 12.2 Å². The normalized spacial score (nSPS) is 40.7. The Morgan fingerprint density at radius 2 is 2.00 bits per heavy atom. The van der Waals surface area contributed by atoms with Gasteiger partial charge in [0.1, 0.15) is 5.60 Å². The van der Waals surface area contributed by atoms with Crippen molar-refractivity contribution in [3.05, 3.63) is 12.2 Å². The first kappa shape index (κ1) is 12.7. The Balaban J connectivity index is 2.77. The van der Waals surface area contributed by atoms with E-state index in [0.717, 1.165) is 19.3 Å². The first-order chi connectivity index (χ1) is 7.05. The molecule has 0 bridgehead atoms. The van der Waals surface area contributed by atoms with Gasteiger partial charge in [-0.15, -0.1) is 0 Å². The third-order valence-corrected chi connectivity index (χ3v) is 3.68. The molecule has 0 aromatic carbocycles. The maximum Gasteiger partial charge on any atom is 0.109 e. The van der Waals surface area contributed by atoms with Gasteiger partial charge in [0.25, 0.3) is 0 Å². The fraction of sp³-hybridized carbons (Fsp3) is 0.846. The van der Waals surface area contributed by atoms with E-state index in [-0.39, 0.29) is 5.92 Å². The van der Waals surface area contributed by atoms with E-state index < -0.39 is 11.7 Å². The molecule has 88 valence electrons. The number of aliphatic hydroxyl groups is 2.